The monoisotopic (exact) mass is 274 g/mol. The lowest BCUT2D eigenvalue weighted by Gasteiger charge is -2.12. The fourth-order valence-corrected chi connectivity index (χ4v) is 5.50. The standard InChI is InChI=1S/C14H14N2S2/c15-18-14(12-9-5-2-6-10-12)16-13(17-18)11-7-3-1-4-8-11/h1-10,13-16H. The molecule has 3 atom stereocenters. The fourth-order valence-electron chi connectivity index (χ4n) is 2.01. The summed E-state index contributed by atoms with van der Waals surface area (Å²) in [6.45, 7) is 0. The van der Waals surface area contributed by atoms with Gasteiger partial charge in [-0.3, -0.25) is 10.1 Å². The molecule has 0 amide bonds. The minimum atomic E-state index is -0.437. The van der Waals surface area contributed by atoms with Crippen LogP contribution in [0.5, 0.6) is 0 Å². The predicted molar refractivity (Wildman–Crippen MR) is 79.2 cm³/mol. The zero-order chi connectivity index (χ0) is 12.4. The van der Waals surface area contributed by atoms with Gasteiger partial charge in [0.2, 0.25) is 0 Å². The van der Waals surface area contributed by atoms with E-state index in [4.69, 9.17) is 4.78 Å². The number of hydrogen-bond acceptors (Lipinski definition) is 3. The van der Waals surface area contributed by atoms with Crippen molar-refractivity contribution in [2.75, 3.05) is 0 Å². The molecule has 1 aliphatic rings. The number of rotatable bonds is 2. The Kier molecular flexibility index (Phi) is 3.50. The second kappa shape index (κ2) is 5.26. The van der Waals surface area contributed by atoms with Gasteiger partial charge in [0.1, 0.15) is 5.37 Å². The van der Waals surface area contributed by atoms with Crippen molar-refractivity contribution in [3.8, 4) is 0 Å². The average molecular weight is 274 g/mol. The van der Waals surface area contributed by atoms with Gasteiger partial charge in [-0.2, -0.15) is 0 Å². The lowest BCUT2D eigenvalue weighted by molar-refractivity contribution is 0.675. The third-order valence-electron chi connectivity index (χ3n) is 2.92. The Labute approximate surface area is 113 Å². The second-order valence-corrected chi connectivity index (χ2v) is 7.53. The van der Waals surface area contributed by atoms with Crippen molar-refractivity contribution < 1.29 is 0 Å². The van der Waals surface area contributed by atoms with E-state index in [0.717, 1.165) is 0 Å². The van der Waals surface area contributed by atoms with Crippen LogP contribution < -0.4 is 5.32 Å². The SMILES string of the molecule is N=S1SC(c2ccccc2)NC1c1ccccc1. The van der Waals surface area contributed by atoms with Crippen LogP contribution in [0.3, 0.4) is 0 Å². The van der Waals surface area contributed by atoms with Crippen molar-refractivity contribution in [2.45, 2.75) is 10.7 Å². The van der Waals surface area contributed by atoms with E-state index in [0.29, 0.717) is 0 Å². The highest BCUT2D eigenvalue weighted by Crippen LogP contribution is 2.43. The number of benzene rings is 2. The molecule has 92 valence electrons. The summed E-state index contributed by atoms with van der Waals surface area (Å²) in [7, 11) is 1.27. The van der Waals surface area contributed by atoms with E-state index in [1.807, 2.05) is 24.3 Å². The van der Waals surface area contributed by atoms with Gasteiger partial charge < -0.3 is 0 Å². The normalized spacial score (nSPS) is 27.2. The zero-order valence-corrected chi connectivity index (χ0v) is 11.4. The van der Waals surface area contributed by atoms with E-state index in [1.165, 1.54) is 11.1 Å². The smallest absolute Gasteiger partial charge is 0.100 e. The molecule has 2 N–H and O–H groups in total. The van der Waals surface area contributed by atoms with Gasteiger partial charge in [-0.25, -0.2) is 0 Å². The summed E-state index contributed by atoms with van der Waals surface area (Å²) >= 11 is 0. The third kappa shape index (κ3) is 2.36. The fraction of sp³-hybridized carbons (Fsp3) is 0.143. The molecule has 1 aliphatic heterocycles. The molecule has 18 heavy (non-hydrogen) atoms. The van der Waals surface area contributed by atoms with Gasteiger partial charge in [0, 0.05) is 0 Å². The van der Waals surface area contributed by atoms with Crippen molar-refractivity contribution in [3.63, 3.8) is 0 Å². The van der Waals surface area contributed by atoms with E-state index < -0.39 is 9.72 Å². The van der Waals surface area contributed by atoms with Gasteiger partial charge in [-0.05, 0) is 20.9 Å². The van der Waals surface area contributed by atoms with Gasteiger partial charge in [0.25, 0.3) is 0 Å². The predicted octanol–water partition coefficient (Wildman–Crippen LogP) is 4.02. The Hall–Kier alpha value is -1.10. The second-order valence-electron chi connectivity index (χ2n) is 4.14. The van der Waals surface area contributed by atoms with Crippen LogP contribution in [-0.2, 0) is 9.72 Å². The van der Waals surface area contributed by atoms with Crippen LogP contribution in [0.2, 0.25) is 0 Å². The minimum Gasteiger partial charge on any atom is -0.284 e. The summed E-state index contributed by atoms with van der Waals surface area (Å²) in [5.74, 6) is 0. The van der Waals surface area contributed by atoms with Crippen molar-refractivity contribution in [3.05, 3.63) is 71.8 Å². The number of nitrogens with one attached hydrogen (secondary N) is 2. The van der Waals surface area contributed by atoms with Crippen molar-refractivity contribution in [1.82, 2.24) is 5.32 Å². The quantitative estimate of drug-likeness (QED) is 0.812. The molecule has 0 saturated carbocycles. The maximum Gasteiger partial charge on any atom is 0.100 e. The molecule has 0 radical (unpaired) electrons. The highest BCUT2D eigenvalue weighted by atomic mass is 33.1. The summed E-state index contributed by atoms with van der Waals surface area (Å²) < 4.78 is 8.23. The van der Waals surface area contributed by atoms with Gasteiger partial charge in [0.15, 0.2) is 0 Å². The van der Waals surface area contributed by atoms with Crippen molar-refractivity contribution in [2.24, 2.45) is 0 Å². The van der Waals surface area contributed by atoms with Crippen LogP contribution in [0.4, 0.5) is 0 Å². The first-order valence-corrected chi connectivity index (χ1v) is 8.50. The molecule has 2 aromatic rings. The summed E-state index contributed by atoms with van der Waals surface area (Å²) in [6, 6.07) is 20.7. The number of hydrogen-bond donors (Lipinski definition) is 2. The van der Waals surface area contributed by atoms with Gasteiger partial charge in [-0.1, -0.05) is 71.5 Å². The molecule has 2 nitrogen and oxygen atoms in total. The lowest BCUT2D eigenvalue weighted by atomic mass is 10.2. The Morgan fingerprint density at radius 2 is 1.44 bits per heavy atom. The molecule has 0 bridgehead atoms. The molecule has 1 saturated heterocycles. The van der Waals surface area contributed by atoms with Crippen LogP contribution in [-0.4, -0.2) is 0 Å². The average Bonchev–Trinajstić information content (AvgIpc) is 2.83. The third-order valence-corrected chi connectivity index (χ3v) is 6.34. The summed E-state index contributed by atoms with van der Waals surface area (Å²) in [5.41, 5.74) is 2.47. The van der Waals surface area contributed by atoms with Crippen LogP contribution in [0.25, 0.3) is 0 Å². The molecular formula is C14H14N2S2. The van der Waals surface area contributed by atoms with E-state index in [1.54, 1.807) is 10.8 Å². The minimum absolute atomic E-state index is 0.140. The van der Waals surface area contributed by atoms with Crippen LogP contribution in [0.15, 0.2) is 60.7 Å². The molecule has 1 fully saturated rings. The van der Waals surface area contributed by atoms with Crippen molar-refractivity contribution in [1.29, 1.82) is 4.78 Å². The molecule has 3 rings (SSSR count). The first-order valence-electron chi connectivity index (χ1n) is 5.82. The van der Waals surface area contributed by atoms with Crippen LogP contribution in [0.1, 0.15) is 21.9 Å². The molecule has 0 aliphatic carbocycles. The van der Waals surface area contributed by atoms with E-state index >= 15 is 0 Å². The highest BCUT2D eigenvalue weighted by Gasteiger charge is 2.30. The van der Waals surface area contributed by atoms with Gasteiger partial charge in [0.05, 0.1) is 5.37 Å². The van der Waals surface area contributed by atoms with Crippen LogP contribution in [0, 0.1) is 4.78 Å². The summed E-state index contributed by atoms with van der Waals surface area (Å²) in [4.78, 5) is 0. The molecule has 1 heterocycles. The highest BCUT2D eigenvalue weighted by molar-refractivity contribution is 8.70. The lowest BCUT2D eigenvalue weighted by Crippen LogP contribution is -2.17. The maximum absolute atomic E-state index is 8.23. The van der Waals surface area contributed by atoms with Crippen LogP contribution >= 0.6 is 10.8 Å². The summed E-state index contributed by atoms with van der Waals surface area (Å²) in [6.07, 6.45) is 0. The first kappa shape index (κ1) is 12.0. The van der Waals surface area contributed by atoms with Gasteiger partial charge >= 0.3 is 0 Å². The van der Waals surface area contributed by atoms with Gasteiger partial charge in [-0.15, -0.1) is 0 Å². The van der Waals surface area contributed by atoms with E-state index in [9.17, 15) is 0 Å². The first-order chi connectivity index (χ1) is 8.84. The Bertz CT molecular complexity index is 542. The molecule has 2 aromatic carbocycles. The zero-order valence-electron chi connectivity index (χ0n) is 9.74. The Balaban J connectivity index is 1.83. The summed E-state index contributed by atoms with van der Waals surface area (Å²) in [5, 5.41) is 3.93. The largest absolute Gasteiger partial charge is 0.284 e. The Morgan fingerprint density at radius 3 is 2.06 bits per heavy atom. The van der Waals surface area contributed by atoms with E-state index in [-0.39, 0.29) is 10.7 Å². The van der Waals surface area contributed by atoms with E-state index in [2.05, 4.69) is 41.7 Å². The van der Waals surface area contributed by atoms with Crippen molar-refractivity contribution >= 4 is 20.5 Å². The topological polar surface area (TPSA) is 35.9 Å². The molecule has 4 heteroatoms. The molecule has 0 aromatic heterocycles. The Morgan fingerprint density at radius 1 is 0.889 bits per heavy atom. The molecule has 0 spiro atoms. The maximum atomic E-state index is 8.23. The molecular weight excluding hydrogens is 260 g/mol. The molecule has 3 unspecified atom stereocenters.